The maximum atomic E-state index is 12.9. The van der Waals surface area contributed by atoms with Crippen LogP contribution in [0.2, 0.25) is 0 Å². The molecule has 2 atom stereocenters. The third-order valence-corrected chi connectivity index (χ3v) is 6.31. The van der Waals surface area contributed by atoms with Gasteiger partial charge in [0.1, 0.15) is 0 Å². The third-order valence-electron chi connectivity index (χ3n) is 6.31. The van der Waals surface area contributed by atoms with E-state index < -0.39 is 5.41 Å². The van der Waals surface area contributed by atoms with Crippen LogP contribution in [0.25, 0.3) is 0 Å². The molecule has 2 aliphatic carbocycles. The number of amides is 1. The Kier molecular flexibility index (Phi) is 6.34. The number of carbonyl (C=O) groups excluding carboxylic acids is 1. The summed E-state index contributed by atoms with van der Waals surface area (Å²) in [5.74, 6) is 0.143. The zero-order valence-corrected chi connectivity index (χ0v) is 15.0. The van der Waals surface area contributed by atoms with Gasteiger partial charge in [-0.05, 0) is 39.0 Å². The average Bonchev–Trinajstić information content (AvgIpc) is 3.07. The second-order valence-corrected chi connectivity index (χ2v) is 7.24. The van der Waals surface area contributed by atoms with Crippen LogP contribution in [0.5, 0.6) is 0 Å². The van der Waals surface area contributed by atoms with E-state index in [0.29, 0.717) is 25.9 Å². The summed E-state index contributed by atoms with van der Waals surface area (Å²) in [5.41, 5.74) is 5.72. The first kappa shape index (κ1) is 19.0. The predicted molar refractivity (Wildman–Crippen MR) is 91.7 cm³/mol. The van der Waals surface area contributed by atoms with Crippen LogP contribution < -0.4 is 11.1 Å². The molecule has 1 spiro atoms. The van der Waals surface area contributed by atoms with E-state index >= 15 is 0 Å². The first-order valence-corrected chi connectivity index (χ1v) is 8.87. The molecular formula is C17H31ClN2O3. The summed E-state index contributed by atoms with van der Waals surface area (Å²) in [4.78, 5) is 12.9. The lowest BCUT2D eigenvalue weighted by atomic mass is 9.60. The van der Waals surface area contributed by atoms with Crippen molar-refractivity contribution in [1.29, 1.82) is 0 Å². The van der Waals surface area contributed by atoms with E-state index in [1.54, 1.807) is 0 Å². The van der Waals surface area contributed by atoms with Crippen LogP contribution in [0.15, 0.2) is 0 Å². The maximum absolute atomic E-state index is 12.9. The van der Waals surface area contributed by atoms with Crippen molar-refractivity contribution < 1.29 is 14.3 Å². The topological polar surface area (TPSA) is 73.6 Å². The lowest BCUT2D eigenvalue weighted by Gasteiger charge is -2.54. The summed E-state index contributed by atoms with van der Waals surface area (Å²) in [5, 5.41) is 3.34. The molecule has 134 valence electrons. The molecule has 0 aromatic carbocycles. The highest BCUT2D eigenvalue weighted by atomic mass is 35.5. The van der Waals surface area contributed by atoms with E-state index in [2.05, 4.69) is 12.2 Å². The Bertz CT molecular complexity index is 407. The standard InChI is InChI=1S/C17H30N2O3.ClH/c1-2-22-14-11-13(17(14)5-3-4-6-17)19-15(20)16(12-18)7-9-21-10-8-16;/h13-14H,2-12,18H2,1H3,(H,19,20);1H. The van der Waals surface area contributed by atoms with Crippen molar-refractivity contribution in [2.24, 2.45) is 16.6 Å². The molecule has 1 aliphatic heterocycles. The number of hydrogen-bond acceptors (Lipinski definition) is 4. The smallest absolute Gasteiger partial charge is 0.227 e. The van der Waals surface area contributed by atoms with Gasteiger partial charge in [0.05, 0.1) is 11.5 Å². The largest absolute Gasteiger partial charge is 0.381 e. The summed E-state index contributed by atoms with van der Waals surface area (Å²) >= 11 is 0. The first-order valence-electron chi connectivity index (χ1n) is 8.87. The molecule has 2 saturated carbocycles. The minimum atomic E-state index is -0.422. The zero-order valence-electron chi connectivity index (χ0n) is 14.1. The van der Waals surface area contributed by atoms with Crippen LogP contribution >= 0.6 is 12.4 Å². The number of nitrogens with one attached hydrogen (secondary N) is 1. The third kappa shape index (κ3) is 3.26. The molecule has 1 heterocycles. The van der Waals surface area contributed by atoms with E-state index in [4.69, 9.17) is 15.2 Å². The van der Waals surface area contributed by atoms with Gasteiger partial charge in [-0.2, -0.15) is 0 Å². The number of hydrogen-bond donors (Lipinski definition) is 2. The SMILES string of the molecule is CCOC1CC(NC(=O)C2(CN)CCOCC2)C12CCCC2.Cl. The Morgan fingerprint density at radius 3 is 2.48 bits per heavy atom. The van der Waals surface area contributed by atoms with Crippen LogP contribution in [-0.4, -0.2) is 44.4 Å². The fourth-order valence-corrected chi connectivity index (χ4v) is 4.69. The highest BCUT2D eigenvalue weighted by molar-refractivity contribution is 5.85. The summed E-state index contributed by atoms with van der Waals surface area (Å²) in [6.07, 6.45) is 7.64. The number of halogens is 1. The van der Waals surface area contributed by atoms with Crippen LogP contribution in [0.4, 0.5) is 0 Å². The molecule has 3 fully saturated rings. The van der Waals surface area contributed by atoms with Crippen molar-refractivity contribution in [1.82, 2.24) is 5.32 Å². The fraction of sp³-hybridized carbons (Fsp3) is 0.941. The van der Waals surface area contributed by atoms with Crippen molar-refractivity contribution in [3.63, 3.8) is 0 Å². The van der Waals surface area contributed by atoms with E-state index in [9.17, 15) is 4.79 Å². The minimum absolute atomic E-state index is 0. The van der Waals surface area contributed by atoms with Crippen molar-refractivity contribution in [3.8, 4) is 0 Å². The Hall–Kier alpha value is -0.360. The molecule has 2 unspecified atom stereocenters. The van der Waals surface area contributed by atoms with Gasteiger partial charge >= 0.3 is 0 Å². The highest BCUT2D eigenvalue weighted by Gasteiger charge is 2.58. The number of rotatable bonds is 5. The van der Waals surface area contributed by atoms with E-state index in [1.165, 1.54) is 25.7 Å². The average molecular weight is 347 g/mol. The van der Waals surface area contributed by atoms with Gasteiger partial charge in [0, 0.05) is 37.8 Å². The maximum Gasteiger partial charge on any atom is 0.227 e. The molecule has 6 heteroatoms. The lowest BCUT2D eigenvalue weighted by molar-refractivity contribution is -0.153. The van der Waals surface area contributed by atoms with Crippen LogP contribution in [-0.2, 0) is 14.3 Å². The van der Waals surface area contributed by atoms with E-state index in [-0.39, 0.29) is 29.8 Å². The second kappa shape index (κ2) is 7.68. The van der Waals surface area contributed by atoms with Gasteiger partial charge in [-0.15, -0.1) is 12.4 Å². The van der Waals surface area contributed by atoms with Gasteiger partial charge in [0.25, 0.3) is 0 Å². The van der Waals surface area contributed by atoms with Crippen LogP contribution in [0.3, 0.4) is 0 Å². The zero-order chi connectivity index (χ0) is 15.6. The van der Waals surface area contributed by atoms with Crippen LogP contribution in [0.1, 0.15) is 51.9 Å². The summed E-state index contributed by atoms with van der Waals surface area (Å²) in [6.45, 7) is 4.51. The lowest BCUT2D eigenvalue weighted by Crippen LogP contribution is -2.66. The monoisotopic (exact) mass is 346 g/mol. The Balaban J connectivity index is 0.00000192. The quantitative estimate of drug-likeness (QED) is 0.798. The van der Waals surface area contributed by atoms with Gasteiger partial charge in [-0.25, -0.2) is 0 Å². The van der Waals surface area contributed by atoms with Crippen molar-refractivity contribution >= 4 is 18.3 Å². The van der Waals surface area contributed by atoms with Gasteiger partial charge in [0.2, 0.25) is 5.91 Å². The van der Waals surface area contributed by atoms with Gasteiger partial charge in [-0.3, -0.25) is 4.79 Å². The molecule has 0 radical (unpaired) electrons. The molecule has 5 nitrogen and oxygen atoms in total. The molecule has 23 heavy (non-hydrogen) atoms. The predicted octanol–water partition coefficient (Wildman–Crippen LogP) is 2.02. The fourth-order valence-electron chi connectivity index (χ4n) is 4.69. The number of nitrogens with two attached hydrogens (primary N) is 1. The molecule has 1 amide bonds. The Morgan fingerprint density at radius 1 is 1.26 bits per heavy atom. The molecule has 3 N–H and O–H groups in total. The molecule has 1 saturated heterocycles. The molecule has 0 aromatic rings. The molecule has 0 bridgehead atoms. The van der Waals surface area contributed by atoms with Gasteiger partial charge < -0.3 is 20.5 Å². The number of ether oxygens (including phenoxy) is 2. The summed E-state index contributed by atoms with van der Waals surface area (Å²) in [7, 11) is 0. The van der Waals surface area contributed by atoms with Gasteiger partial charge in [-0.1, -0.05) is 12.8 Å². The van der Waals surface area contributed by atoms with Crippen LogP contribution in [0, 0.1) is 10.8 Å². The minimum Gasteiger partial charge on any atom is -0.381 e. The molecular weight excluding hydrogens is 316 g/mol. The molecule has 0 aromatic heterocycles. The Labute approximate surface area is 145 Å². The van der Waals surface area contributed by atoms with E-state index in [1.807, 2.05) is 0 Å². The van der Waals surface area contributed by atoms with E-state index in [0.717, 1.165) is 25.9 Å². The normalized spacial score (nSPS) is 31.2. The summed E-state index contributed by atoms with van der Waals surface area (Å²) < 4.78 is 11.3. The van der Waals surface area contributed by atoms with Crippen molar-refractivity contribution in [2.45, 2.75) is 64.0 Å². The molecule has 3 rings (SSSR count). The molecule has 3 aliphatic rings. The van der Waals surface area contributed by atoms with Crippen molar-refractivity contribution in [3.05, 3.63) is 0 Å². The first-order chi connectivity index (χ1) is 10.7. The van der Waals surface area contributed by atoms with Gasteiger partial charge in [0.15, 0.2) is 0 Å². The second-order valence-electron chi connectivity index (χ2n) is 7.24. The number of carbonyl (C=O) groups is 1. The Morgan fingerprint density at radius 2 is 1.91 bits per heavy atom. The summed E-state index contributed by atoms with van der Waals surface area (Å²) in [6, 6.07) is 0.269. The van der Waals surface area contributed by atoms with Crippen molar-refractivity contribution in [2.75, 3.05) is 26.4 Å². The highest BCUT2D eigenvalue weighted by Crippen LogP contribution is 2.55.